The van der Waals surface area contributed by atoms with Crippen LogP contribution in [0.25, 0.3) is 0 Å². The second-order valence-corrected chi connectivity index (χ2v) is 6.10. The molecule has 4 heteroatoms. The highest BCUT2D eigenvalue weighted by molar-refractivity contribution is 5.87. The number of likely N-dealkylation sites (N-methyl/N-ethyl adjacent to an activating group) is 1. The summed E-state index contributed by atoms with van der Waals surface area (Å²) in [5.41, 5.74) is -0.0604. The van der Waals surface area contributed by atoms with Crippen LogP contribution in [0.1, 0.15) is 47.5 Å². The number of hydrogen-bond donors (Lipinski definition) is 2. The molecule has 1 atom stereocenters. The van der Waals surface area contributed by atoms with E-state index in [9.17, 15) is 9.59 Å². The summed E-state index contributed by atoms with van der Waals surface area (Å²) in [6.07, 6.45) is 1.09. The average molecular weight is 242 g/mol. The van der Waals surface area contributed by atoms with E-state index in [0.29, 0.717) is 18.8 Å². The maximum atomic E-state index is 11.8. The van der Waals surface area contributed by atoms with Gasteiger partial charge in [0.25, 0.3) is 0 Å². The van der Waals surface area contributed by atoms with Gasteiger partial charge in [-0.2, -0.15) is 0 Å². The number of carbonyl (C=O) groups is 2. The fourth-order valence-corrected chi connectivity index (χ4v) is 1.60. The number of carbonyl (C=O) groups excluding carboxylic acids is 2. The van der Waals surface area contributed by atoms with Crippen molar-refractivity contribution in [1.29, 1.82) is 0 Å². The molecule has 0 unspecified atom stereocenters. The van der Waals surface area contributed by atoms with Crippen LogP contribution in [0, 0.1) is 11.3 Å². The zero-order valence-electron chi connectivity index (χ0n) is 11.9. The highest BCUT2D eigenvalue weighted by Crippen LogP contribution is 2.18. The summed E-state index contributed by atoms with van der Waals surface area (Å²) in [5, 5.41) is 5.39. The van der Waals surface area contributed by atoms with Crippen LogP contribution in [0.3, 0.4) is 0 Å². The molecule has 0 aliphatic heterocycles. The summed E-state index contributed by atoms with van der Waals surface area (Å²) in [4.78, 5) is 23.4. The monoisotopic (exact) mass is 242 g/mol. The van der Waals surface area contributed by atoms with E-state index in [2.05, 4.69) is 10.6 Å². The van der Waals surface area contributed by atoms with Gasteiger partial charge in [-0.05, 0) is 17.8 Å². The number of rotatable bonds is 5. The third-order valence-corrected chi connectivity index (χ3v) is 2.30. The normalized spacial score (nSPS) is 13.4. The summed E-state index contributed by atoms with van der Waals surface area (Å²) in [6, 6.07) is -0.421. The van der Waals surface area contributed by atoms with Crippen LogP contribution in [0.5, 0.6) is 0 Å². The largest absolute Gasteiger partial charge is 0.357 e. The van der Waals surface area contributed by atoms with Gasteiger partial charge >= 0.3 is 0 Å². The average Bonchev–Trinajstić information content (AvgIpc) is 2.11. The van der Waals surface area contributed by atoms with Crippen molar-refractivity contribution < 1.29 is 9.59 Å². The molecule has 0 fully saturated rings. The molecule has 0 heterocycles. The first kappa shape index (κ1) is 15.9. The quantitative estimate of drug-likeness (QED) is 0.771. The Kier molecular flexibility index (Phi) is 6.21. The minimum atomic E-state index is -0.421. The van der Waals surface area contributed by atoms with Crippen LogP contribution in [0.2, 0.25) is 0 Å². The van der Waals surface area contributed by atoms with E-state index in [1.165, 1.54) is 0 Å². The molecule has 0 saturated heterocycles. The summed E-state index contributed by atoms with van der Waals surface area (Å²) in [6.45, 7) is 10.1. The first-order chi connectivity index (χ1) is 7.65. The Balaban J connectivity index is 4.43. The van der Waals surface area contributed by atoms with Crippen molar-refractivity contribution in [2.45, 2.75) is 53.5 Å². The molecular weight excluding hydrogens is 216 g/mol. The smallest absolute Gasteiger partial charge is 0.242 e. The standard InChI is InChI=1S/C13H26N2O2/c1-9(2)7-10(12(17)14-6)15-11(16)8-13(3,4)5/h9-10H,7-8H2,1-6H3,(H,14,17)(H,15,16)/t10-/m0/s1. The lowest BCUT2D eigenvalue weighted by molar-refractivity contribution is -0.130. The van der Waals surface area contributed by atoms with Gasteiger partial charge in [0.15, 0.2) is 0 Å². The molecule has 2 N–H and O–H groups in total. The summed E-state index contributed by atoms with van der Waals surface area (Å²) in [5.74, 6) is 0.181. The molecule has 0 aliphatic rings. The lowest BCUT2D eigenvalue weighted by Gasteiger charge is -2.22. The molecule has 0 aromatic carbocycles. The molecule has 0 aromatic rings. The molecule has 0 radical (unpaired) electrons. The van der Waals surface area contributed by atoms with E-state index in [-0.39, 0.29) is 17.2 Å². The SMILES string of the molecule is CNC(=O)[C@H](CC(C)C)NC(=O)CC(C)(C)C. The van der Waals surface area contributed by atoms with Crippen LogP contribution in [0.4, 0.5) is 0 Å². The molecule has 0 aromatic heterocycles. The van der Waals surface area contributed by atoms with E-state index in [0.717, 1.165) is 0 Å². The highest BCUT2D eigenvalue weighted by atomic mass is 16.2. The van der Waals surface area contributed by atoms with Crippen molar-refractivity contribution in [2.24, 2.45) is 11.3 Å². The van der Waals surface area contributed by atoms with Crippen LogP contribution in [-0.4, -0.2) is 24.9 Å². The third kappa shape index (κ3) is 7.77. The predicted molar refractivity (Wildman–Crippen MR) is 69.5 cm³/mol. The zero-order chi connectivity index (χ0) is 13.6. The van der Waals surface area contributed by atoms with Crippen molar-refractivity contribution in [3.05, 3.63) is 0 Å². The maximum absolute atomic E-state index is 11.8. The Morgan fingerprint density at radius 1 is 1.18 bits per heavy atom. The van der Waals surface area contributed by atoms with Gasteiger partial charge in [-0.25, -0.2) is 0 Å². The first-order valence-electron chi connectivity index (χ1n) is 6.16. The van der Waals surface area contributed by atoms with Crippen molar-refractivity contribution in [1.82, 2.24) is 10.6 Å². The van der Waals surface area contributed by atoms with E-state index < -0.39 is 6.04 Å². The predicted octanol–water partition coefficient (Wildman–Crippen LogP) is 1.70. The molecular formula is C13H26N2O2. The molecule has 0 saturated carbocycles. The van der Waals surface area contributed by atoms with E-state index >= 15 is 0 Å². The number of hydrogen-bond acceptors (Lipinski definition) is 2. The van der Waals surface area contributed by atoms with Crippen molar-refractivity contribution in [3.8, 4) is 0 Å². The Hall–Kier alpha value is -1.06. The molecule has 0 aliphatic carbocycles. The zero-order valence-corrected chi connectivity index (χ0v) is 11.9. The Morgan fingerprint density at radius 2 is 1.71 bits per heavy atom. The summed E-state index contributed by atoms with van der Waals surface area (Å²) < 4.78 is 0. The minimum Gasteiger partial charge on any atom is -0.357 e. The summed E-state index contributed by atoms with van der Waals surface area (Å²) >= 11 is 0. The van der Waals surface area contributed by atoms with E-state index in [1.54, 1.807) is 7.05 Å². The molecule has 0 spiro atoms. The van der Waals surface area contributed by atoms with Crippen LogP contribution in [-0.2, 0) is 9.59 Å². The van der Waals surface area contributed by atoms with Crippen LogP contribution >= 0.6 is 0 Å². The molecule has 100 valence electrons. The Bertz CT molecular complexity index is 267. The molecule has 17 heavy (non-hydrogen) atoms. The van der Waals surface area contributed by atoms with Crippen molar-refractivity contribution in [2.75, 3.05) is 7.05 Å². The lowest BCUT2D eigenvalue weighted by Crippen LogP contribution is -2.47. The lowest BCUT2D eigenvalue weighted by atomic mass is 9.91. The molecule has 0 rings (SSSR count). The van der Waals surface area contributed by atoms with E-state index in [1.807, 2.05) is 34.6 Å². The highest BCUT2D eigenvalue weighted by Gasteiger charge is 2.23. The molecule has 0 bridgehead atoms. The van der Waals surface area contributed by atoms with Gasteiger partial charge in [-0.3, -0.25) is 9.59 Å². The van der Waals surface area contributed by atoms with Gasteiger partial charge in [0.05, 0.1) is 0 Å². The summed E-state index contributed by atoms with van der Waals surface area (Å²) in [7, 11) is 1.59. The third-order valence-electron chi connectivity index (χ3n) is 2.30. The second-order valence-electron chi connectivity index (χ2n) is 6.10. The van der Waals surface area contributed by atoms with Crippen LogP contribution in [0.15, 0.2) is 0 Å². The van der Waals surface area contributed by atoms with Gasteiger partial charge in [0.1, 0.15) is 6.04 Å². The Labute approximate surface area is 105 Å². The van der Waals surface area contributed by atoms with Crippen molar-refractivity contribution in [3.63, 3.8) is 0 Å². The second kappa shape index (κ2) is 6.62. The van der Waals surface area contributed by atoms with Gasteiger partial charge in [0, 0.05) is 13.5 Å². The topological polar surface area (TPSA) is 58.2 Å². The molecule has 4 nitrogen and oxygen atoms in total. The van der Waals surface area contributed by atoms with Crippen molar-refractivity contribution >= 4 is 11.8 Å². The Morgan fingerprint density at radius 3 is 2.06 bits per heavy atom. The molecule has 2 amide bonds. The van der Waals surface area contributed by atoms with Gasteiger partial charge in [0.2, 0.25) is 11.8 Å². The van der Waals surface area contributed by atoms with E-state index in [4.69, 9.17) is 0 Å². The fraction of sp³-hybridized carbons (Fsp3) is 0.846. The van der Waals surface area contributed by atoms with Gasteiger partial charge in [-0.1, -0.05) is 34.6 Å². The minimum absolute atomic E-state index is 0.0604. The number of nitrogens with one attached hydrogen (secondary N) is 2. The van der Waals surface area contributed by atoms with Gasteiger partial charge < -0.3 is 10.6 Å². The van der Waals surface area contributed by atoms with Gasteiger partial charge in [-0.15, -0.1) is 0 Å². The first-order valence-corrected chi connectivity index (χ1v) is 6.16. The maximum Gasteiger partial charge on any atom is 0.242 e. The number of amides is 2. The van der Waals surface area contributed by atoms with Crippen LogP contribution < -0.4 is 10.6 Å². The fourth-order valence-electron chi connectivity index (χ4n) is 1.60.